The van der Waals surface area contributed by atoms with Crippen LogP contribution in [-0.4, -0.2) is 36.7 Å². The van der Waals surface area contributed by atoms with Gasteiger partial charge in [0.1, 0.15) is 11.8 Å². The van der Waals surface area contributed by atoms with Gasteiger partial charge in [0.25, 0.3) is 5.91 Å². The molecule has 1 amide bonds. The number of amides is 1. The minimum atomic E-state index is -0.130. The number of hydrogen-bond acceptors (Lipinski definition) is 5. The van der Waals surface area contributed by atoms with Gasteiger partial charge in [-0.15, -0.1) is 0 Å². The van der Waals surface area contributed by atoms with Crippen LogP contribution in [-0.2, 0) is 17.8 Å². The predicted molar refractivity (Wildman–Crippen MR) is 98.7 cm³/mol. The van der Waals surface area contributed by atoms with Crippen LogP contribution in [0.4, 0.5) is 0 Å². The van der Waals surface area contributed by atoms with Gasteiger partial charge in [0.15, 0.2) is 6.61 Å². The maximum absolute atomic E-state index is 12.1. The third kappa shape index (κ3) is 4.91. The zero-order valence-corrected chi connectivity index (χ0v) is 14.4. The van der Waals surface area contributed by atoms with Crippen molar-refractivity contribution in [3.63, 3.8) is 0 Å². The number of nitrogens with zero attached hydrogens (tertiary/aromatic N) is 3. The second-order valence-electron chi connectivity index (χ2n) is 6.04. The first-order valence-electron chi connectivity index (χ1n) is 8.45. The number of rotatable bonds is 6. The van der Waals surface area contributed by atoms with E-state index < -0.39 is 0 Å². The van der Waals surface area contributed by atoms with Crippen molar-refractivity contribution in [2.24, 2.45) is 5.10 Å². The largest absolute Gasteiger partial charge is 0.479 e. The lowest BCUT2D eigenvalue weighted by Gasteiger charge is -2.27. The molecule has 0 saturated carbocycles. The average molecular weight is 348 g/mol. The fourth-order valence-corrected chi connectivity index (χ4v) is 2.87. The standard InChI is InChI=1S/C20H20N4O2/c21-10-12-26-19-7-5-16(6-8-19)13-22-23-20(25)15-24-11-9-17-3-1-2-4-18(17)14-24/h1-8,13H,9,11-12,14-15H2,(H,23,25)/b22-13+. The first-order chi connectivity index (χ1) is 12.7. The highest BCUT2D eigenvalue weighted by atomic mass is 16.5. The normalized spacial score (nSPS) is 13.8. The summed E-state index contributed by atoms with van der Waals surface area (Å²) < 4.78 is 5.18. The quantitative estimate of drug-likeness (QED) is 0.641. The summed E-state index contributed by atoms with van der Waals surface area (Å²) in [4.78, 5) is 14.2. The molecular formula is C20H20N4O2. The number of ether oxygens (including phenoxy) is 1. The van der Waals surface area contributed by atoms with E-state index >= 15 is 0 Å². The number of hydrogen-bond donors (Lipinski definition) is 1. The van der Waals surface area contributed by atoms with Gasteiger partial charge in [0, 0.05) is 13.1 Å². The van der Waals surface area contributed by atoms with E-state index in [1.54, 1.807) is 18.3 Å². The van der Waals surface area contributed by atoms with Gasteiger partial charge >= 0.3 is 0 Å². The Labute approximate surface area is 152 Å². The highest BCUT2D eigenvalue weighted by Crippen LogP contribution is 2.17. The van der Waals surface area contributed by atoms with Crippen LogP contribution in [0, 0.1) is 11.3 Å². The number of hydrazone groups is 1. The van der Waals surface area contributed by atoms with Gasteiger partial charge < -0.3 is 4.74 Å². The van der Waals surface area contributed by atoms with E-state index in [0.29, 0.717) is 12.3 Å². The van der Waals surface area contributed by atoms with Gasteiger partial charge in [0.05, 0.1) is 12.8 Å². The molecule has 0 saturated heterocycles. The van der Waals surface area contributed by atoms with E-state index in [2.05, 4.69) is 33.6 Å². The van der Waals surface area contributed by atoms with Crippen molar-refractivity contribution in [1.82, 2.24) is 10.3 Å². The lowest BCUT2D eigenvalue weighted by atomic mass is 10.00. The molecule has 0 aliphatic carbocycles. The molecule has 6 heteroatoms. The summed E-state index contributed by atoms with van der Waals surface area (Å²) in [6.07, 6.45) is 2.55. The molecule has 0 bridgehead atoms. The van der Waals surface area contributed by atoms with Gasteiger partial charge in [-0.2, -0.15) is 10.4 Å². The van der Waals surface area contributed by atoms with Gasteiger partial charge in [-0.3, -0.25) is 9.69 Å². The van der Waals surface area contributed by atoms with Crippen LogP contribution in [0.5, 0.6) is 5.75 Å². The van der Waals surface area contributed by atoms with Gasteiger partial charge in [-0.05, 0) is 47.4 Å². The van der Waals surface area contributed by atoms with E-state index in [1.165, 1.54) is 11.1 Å². The molecule has 1 N–H and O–H groups in total. The summed E-state index contributed by atoms with van der Waals surface area (Å²) in [5.41, 5.74) is 6.05. The topological polar surface area (TPSA) is 77.7 Å². The lowest BCUT2D eigenvalue weighted by molar-refractivity contribution is -0.122. The molecule has 26 heavy (non-hydrogen) atoms. The molecular weight excluding hydrogens is 328 g/mol. The number of nitriles is 1. The fraction of sp³-hybridized carbons (Fsp3) is 0.250. The molecule has 0 spiro atoms. The minimum absolute atomic E-state index is 0.0183. The van der Waals surface area contributed by atoms with Gasteiger partial charge in [0.2, 0.25) is 0 Å². The van der Waals surface area contributed by atoms with Crippen LogP contribution < -0.4 is 10.2 Å². The van der Waals surface area contributed by atoms with E-state index in [0.717, 1.165) is 25.1 Å². The highest BCUT2D eigenvalue weighted by molar-refractivity contribution is 5.83. The first-order valence-corrected chi connectivity index (χ1v) is 8.45. The Hall–Kier alpha value is -3.17. The molecule has 0 radical (unpaired) electrons. The third-order valence-corrected chi connectivity index (χ3v) is 4.16. The van der Waals surface area contributed by atoms with E-state index in [4.69, 9.17) is 10.00 Å². The number of benzene rings is 2. The molecule has 1 heterocycles. The Morgan fingerprint density at radius 2 is 2.00 bits per heavy atom. The molecule has 0 atom stereocenters. The van der Waals surface area contributed by atoms with Crippen molar-refractivity contribution in [3.05, 3.63) is 65.2 Å². The SMILES string of the molecule is N#CCOc1ccc(/C=N/NC(=O)CN2CCc3ccccc3C2)cc1. The number of carbonyl (C=O) groups is 1. The maximum Gasteiger partial charge on any atom is 0.254 e. The van der Waals surface area contributed by atoms with E-state index in [9.17, 15) is 4.79 Å². The number of fused-ring (bicyclic) bond motifs is 1. The van der Waals surface area contributed by atoms with Crippen molar-refractivity contribution >= 4 is 12.1 Å². The van der Waals surface area contributed by atoms with E-state index in [-0.39, 0.29) is 12.5 Å². The van der Waals surface area contributed by atoms with Gasteiger partial charge in [-0.25, -0.2) is 5.43 Å². The summed E-state index contributed by atoms with van der Waals surface area (Å²) in [6.45, 7) is 2.01. The fourth-order valence-electron chi connectivity index (χ4n) is 2.87. The van der Waals surface area contributed by atoms with Crippen molar-refractivity contribution in [1.29, 1.82) is 5.26 Å². The second-order valence-corrected chi connectivity index (χ2v) is 6.04. The number of carbonyl (C=O) groups excluding carboxylic acids is 1. The van der Waals surface area contributed by atoms with E-state index in [1.807, 2.05) is 24.3 Å². The molecule has 2 aromatic rings. The zero-order chi connectivity index (χ0) is 18.2. The Morgan fingerprint density at radius 3 is 2.77 bits per heavy atom. The van der Waals surface area contributed by atoms with Crippen molar-refractivity contribution in [3.8, 4) is 11.8 Å². The Bertz CT molecular complexity index is 824. The summed E-state index contributed by atoms with van der Waals surface area (Å²) >= 11 is 0. The Morgan fingerprint density at radius 1 is 1.23 bits per heavy atom. The molecule has 0 fully saturated rings. The molecule has 1 aliphatic rings. The van der Waals surface area contributed by atoms with Crippen LogP contribution in [0.2, 0.25) is 0 Å². The van der Waals surface area contributed by atoms with Crippen LogP contribution >= 0.6 is 0 Å². The monoisotopic (exact) mass is 348 g/mol. The molecule has 2 aromatic carbocycles. The van der Waals surface area contributed by atoms with Crippen molar-refractivity contribution in [2.75, 3.05) is 19.7 Å². The maximum atomic E-state index is 12.1. The van der Waals surface area contributed by atoms with Gasteiger partial charge in [-0.1, -0.05) is 24.3 Å². The molecule has 6 nitrogen and oxygen atoms in total. The highest BCUT2D eigenvalue weighted by Gasteiger charge is 2.17. The predicted octanol–water partition coefficient (Wildman–Crippen LogP) is 2.10. The molecule has 0 aromatic heterocycles. The molecule has 132 valence electrons. The summed E-state index contributed by atoms with van der Waals surface area (Å²) in [7, 11) is 0. The average Bonchev–Trinajstić information content (AvgIpc) is 2.67. The van der Waals surface area contributed by atoms with Crippen LogP contribution in [0.1, 0.15) is 16.7 Å². The van der Waals surface area contributed by atoms with Crippen LogP contribution in [0.15, 0.2) is 53.6 Å². The van der Waals surface area contributed by atoms with Crippen LogP contribution in [0.25, 0.3) is 0 Å². The molecule has 0 unspecified atom stereocenters. The zero-order valence-electron chi connectivity index (χ0n) is 14.4. The number of nitrogens with one attached hydrogen (secondary N) is 1. The third-order valence-electron chi connectivity index (χ3n) is 4.16. The van der Waals surface area contributed by atoms with Crippen LogP contribution in [0.3, 0.4) is 0 Å². The minimum Gasteiger partial charge on any atom is -0.479 e. The van der Waals surface area contributed by atoms with Crippen molar-refractivity contribution < 1.29 is 9.53 Å². The lowest BCUT2D eigenvalue weighted by Crippen LogP contribution is -2.38. The first kappa shape index (κ1) is 17.6. The second kappa shape index (κ2) is 8.79. The Balaban J connectivity index is 1.45. The summed E-state index contributed by atoms with van der Waals surface area (Å²) in [5.74, 6) is 0.493. The summed E-state index contributed by atoms with van der Waals surface area (Å²) in [5, 5.41) is 12.5. The van der Waals surface area contributed by atoms with Crippen molar-refractivity contribution in [2.45, 2.75) is 13.0 Å². The molecule has 1 aliphatic heterocycles. The molecule has 3 rings (SSSR count). The smallest absolute Gasteiger partial charge is 0.254 e. The Kier molecular flexibility index (Phi) is 5.96. The summed E-state index contributed by atoms with van der Waals surface area (Å²) in [6, 6.07) is 17.4.